The minimum Gasteiger partial charge on any atom is -0.378 e. The average Bonchev–Trinajstić information content (AvgIpc) is 3.11. The lowest BCUT2D eigenvalue weighted by Gasteiger charge is -2.27. The third kappa shape index (κ3) is 3.74. The molecular formula is C18H14F6N4O. The van der Waals surface area contributed by atoms with Gasteiger partial charge in [0.2, 0.25) is 0 Å². The maximum absolute atomic E-state index is 13.2. The summed E-state index contributed by atoms with van der Waals surface area (Å²) < 4.78 is 85.8. The highest BCUT2D eigenvalue weighted by Gasteiger charge is 2.37. The number of fused-ring (bicyclic) bond motifs is 1. The van der Waals surface area contributed by atoms with Gasteiger partial charge in [-0.25, -0.2) is 9.97 Å². The highest BCUT2D eigenvalue weighted by molar-refractivity contribution is 5.72. The molecule has 1 fully saturated rings. The monoisotopic (exact) mass is 416 g/mol. The topological polar surface area (TPSA) is 42.7 Å². The standard InChI is InChI=1S/C18H14F6N4O/c19-17(20,21)12-7-11(8-13(9-12)18(22,23)24)14-10-26-16-15(25-1-2-28(14)16)27-3-5-29-6-4-27/h1-2,7-10H,3-6H2. The fourth-order valence-electron chi connectivity index (χ4n) is 3.22. The Morgan fingerprint density at radius 2 is 1.48 bits per heavy atom. The average molecular weight is 416 g/mol. The molecule has 4 rings (SSSR count). The maximum atomic E-state index is 13.2. The van der Waals surface area contributed by atoms with Crippen LogP contribution in [0.3, 0.4) is 0 Å². The number of halogens is 6. The number of nitrogens with zero attached hydrogens (tertiary/aromatic N) is 4. The Hall–Kier alpha value is -2.82. The Bertz CT molecular complexity index is 1000. The second-order valence-electron chi connectivity index (χ2n) is 6.48. The lowest BCUT2D eigenvalue weighted by Crippen LogP contribution is -2.37. The van der Waals surface area contributed by atoms with Gasteiger partial charge in [0, 0.05) is 31.0 Å². The number of benzene rings is 1. The van der Waals surface area contributed by atoms with E-state index in [0.29, 0.717) is 49.9 Å². The van der Waals surface area contributed by atoms with Crippen molar-refractivity contribution in [3.05, 3.63) is 47.9 Å². The van der Waals surface area contributed by atoms with Gasteiger partial charge in [0.1, 0.15) is 0 Å². The predicted octanol–water partition coefficient (Wildman–Crippen LogP) is 4.27. The van der Waals surface area contributed by atoms with Gasteiger partial charge >= 0.3 is 12.4 Å². The van der Waals surface area contributed by atoms with E-state index in [0.717, 1.165) is 0 Å². The van der Waals surface area contributed by atoms with Crippen LogP contribution in [0, 0.1) is 0 Å². The molecule has 0 radical (unpaired) electrons. The van der Waals surface area contributed by atoms with E-state index in [1.165, 1.54) is 23.0 Å². The molecule has 0 N–H and O–H groups in total. The second kappa shape index (κ2) is 6.90. The van der Waals surface area contributed by atoms with Gasteiger partial charge in [-0.3, -0.25) is 4.40 Å². The summed E-state index contributed by atoms with van der Waals surface area (Å²) in [5, 5.41) is 0. The molecular weight excluding hydrogens is 402 g/mol. The zero-order chi connectivity index (χ0) is 20.8. The van der Waals surface area contributed by atoms with Gasteiger partial charge in [-0.2, -0.15) is 26.3 Å². The normalized spacial score (nSPS) is 15.9. The number of morpholine rings is 1. The molecule has 1 aliphatic rings. The first kappa shape index (κ1) is 19.5. The van der Waals surface area contributed by atoms with Gasteiger partial charge in [0.15, 0.2) is 11.5 Å². The zero-order valence-corrected chi connectivity index (χ0v) is 14.8. The molecule has 3 aromatic rings. The first-order valence-corrected chi connectivity index (χ1v) is 8.59. The summed E-state index contributed by atoms with van der Waals surface area (Å²) in [6.07, 6.45) is -5.71. The van der Waals surface area contributed by atoms with Crippen LogP contribution < -0.4 is 4.90 Å². The maximum Gasteiger partial charge on any atom is 0.416 e. The third-order valence-corrected chi connectivity index (χ3v) is 4.60. The lowest BCUT2D eigenvalue weighted by molar-refractivity contribution is -0.143. The van der Waals surface area contributed by atoms with Gasteiger partial charge in [-0.15, -0.1) is 0 Å². The number of hydrogen-bond donors (Lipinski definition) is 0. The Morgan fingerprint density at radius 1 is 0.862 bits per heavy atom. The number of hydrogen-bond acceptors (Lipinski definition) is 4. The molecule has 0 amide bonds. The van der Waals surface area contributed by atoms with Crippen LogP contribution in [0.15, 0.2) is 36.8 Å². The molecule has 3 heterocycles. The molecule has 1 aromatic carbocycles. The van der Waals surface area contributed by atoms with Crippen molar-refractivity contribution < 1.29 is 31.1 Å². The summed E-state index contributed by atoms with van der Waals surface area (Å²) in [5.41, 5.74) is -2.54. The zero-order valence-electron chi connectivity index (χ0n) is 14.8. The number of aromatic nitrogens is 3. The predicted molar refractivity (Wildman–Crippen MR) is 91.5 cm³/mol. The number of imidazole rings is 1. The van der Waals surface area contributed by atoms with Crippen molar-refractivity contribution in [1.82, 2.24) is 14.4 Å². The van der Waals surface area contributed by atoms with Crippen molar-refractivity contribution in [2.24, 2.45) is 0 Å². The van der Waals surface area contributed by atoms with Crippen LogP contribution in [-0.2, 0) is 17.1 Å². The molecule has 11 heteroatoms. The van der Waals surface area contributed by atoms with E-state index >= 15 is 0 Å². The van der Waals surface area contributed by atoms with Crippen molar-refractivity contribution in [3.8, 4) is 11.3 Å². The summed E-state index contributed by atoms with van der Waals surface area (Å²) in [5.74, 6) is 0.491. The van der Waals surface area contributed by atoms with Crippen LogP contribution in [0.5, 0.6) is 0 Å². The van der Waals surface area contributed by atoms with E-state index in [2.05, 4.69) is 9.97 Å². The highest BCUT2D eigenvalue weighted by atomic mass is 19.4. The van der Waals surface area contributed by atoms with Crippen LogP contribution in [0.2, 0.25) is 0 Å². The van der Waals surface area contributed by atoms with E-state index in [-0.39, 0.29) is 17.3 Å². The summed E-state index contributed by atoms with van der Waals surface area (Å²) >= 11 is 0. The van der Waals surface area contributed by atoms with Gasteiger partial charge in [0.05, 0.1) is 36.2 Å². The van der Waals surface area contributed by atoms with Crippen LogP contribution in [0.25, 0.3) is 16.9 Å². The van der Waals surface area contributed by atoms with Crippen LogP contribution >= 0.6 is 0 Å². The Morgan fingerprint density at radius 3 is 2.07 bits per heavy atom. The van der Waals surface area contributed by atoms with Crippen LogP contribution in [-0.4, -0.2) is 40.7 Å². The second-order valence-corrected chi connectivity index (χ2v) is 6.48. The Balaban J connectivity index is 1.87. The van der Waals surface area contributed by atoms with Crippen molar-refractivity contribution in [3.63, 3.8) is 0 Å². The largest absolute Gasteiger partial charge is 0.416 e. The molecule has 2 aromatic heterocycles. The smallest absolute Gasteiger partial charge is 0.378 e. The van der Waals surface area contributed by atoms with Gasteiger partial charge in [-0.05, 0) is 18.2 Å². The number of alkyl halides is 6. The molecule has 1 aliphatic heterocycles. The van der Waals surface area contributed by atoms with E-state index in [1.807, 2.05) is 4.90 Å². The first-order valence-electron chi connectivity index (χ1n) is 8.59. The summed E-state index contributed by atoms with van der Waals surface area (Å²) in [7, 11) is 0. The molecule has 5 nitrogen and oxygen atoms in total. The van der Waals surface area contributed by atoms with E-state index in [9.17, 15) is 26.3 Å². The van der Waals surface area contributed by atoms with Crippen LogP contribution in [0.1, 0.15) is 11.1 Å². The first-order chi connectivity index (χ1) is 13.6. The van der Waals surface area contributed by atoms with Gasteiger partial charge in [-0.1, -0.05) is 0 Å². The lowest BCUT2D eigenvalue weighted by atomic mass is 10.0. The molecule has 0 atom stereocenters. The van der Waals surface area contributed by atoms with E-state index in [4.69, 9.17) is 4.74 Å². The molecule has 0 spiro atoms. The molecule has 0 aliphatic carbocycles. The van der Waals surface area contributed by atoms with Crippen molar-refractivity contribution in [1.29, 1.82) is 0 Å². The minimum atomic E-state index is -4.92. The molecule has 0 saturated carbocycles. The molecule has 154 valence electrons. The highest BCUT2D eigenvalue weighted by Crippen LogP contribution is 2.39. The fraction of sp³-hybridized carbons (Fsp3) is 0.333. The van der Waals surface area contributed by atoms with Crippen molar-refractivity contribution in [2.45, 2.75) is 12.4 Å². The van der Waals surface area contributed by atoms with Gasteiger partial charge in [0.25, 0.3) is 0 Å². The van der Waals surface area contributed by atoms with Crippen molar-refractivity contribution in [2.75, 3.05) is 31.2 Å². The molecule has 0 unspecified atom stereocenters. The summed E-state index contributed by atoms with van der Waals surface area (Å²) in [6.45, 7) is 2.07. The number of anilines is 1. The quantitative estimate of drug-likeness (QED) is 0.586. The fourth-order valence-corrected chi connectivity index (χ4v) is 3.22. The molecule has 0 bridgehead atoms. The third-order valence-electron chi connectivity index (χ3n) is 4.60. The summed E-state index contributed by atoms with van der Waals surface area (Å²) in [6, 6.07) is 1.48. The number of ether oxygens (including phenoxy) is 1. The Labute approximate surface area is 160 Å². The van der Waals surface area contributed by atoms with Crippen molar-refractivity contribution >= 4 is 11.5 Å². The van der Waals surface area contributed by atoms with Crippen LogP contribution in [0.4, 0.5) is 32.2 Å². The summed E-state index contributed by atoms with van der Waals surface area (Å²) in [4.78, 5) is 10.4. The minimum absolute atomic E-state index is 0.105. The van der Waals surface area contributed by atoms with E-state index in [1.54, 1.807) is 0 Å². The molecule has 1 saturated heterocycles. The van der Waals surface area contributed by atoms with E-state index < -0.39 is 23.5 Å². The Kier molecular flexibility index (Phi) is 4.64. The van der Waals surface area contributed by atoms with Gasteiger partial charge < -0.3 is 9.64 Å². The SMILES string of the molecule is FC(F)(F)c1cc(-c2cnc3c(N4CCOCC4)nccn23)cc(C(F)(F)F)c1. The molecule has 29 heavy (non-hydrogen) atoms. The number of rotatable bonds is 2.